The van der Waals surface area contributed by atoms with E-state index in [0.717, 1.165) is 5.56 Å². The van der Waals surface area contributed by atoms with Gasteiger partial charge in [-0.05, 0) is 0 Å². The smallest absolute Gasteiger partial charge is 0.220 e. The summed E-state index contributed by atoms with van der Waals surface area (Å²) >= 11 is 0. The van der Waals surface area contributed by atoms with Crippen LogP contribution >= 0.6 is 0 Å². The summed E-state index contributed by atoms with van der Waals surface area (Å²) in [5, 5.41) is 0. The summed E-state index contributed by atoms with van der Waals surface area (Å²) in [4.78, 5) is 20.8. The lowest BCUT2D eigenvalue weighted by Gasteiger charge is -2.08. The predicted molar refractivity (Wildman–Crippen MR) is 81.8 cm³/mol. The number of ketones is 1. The zero-order chi connectivity index (χ0) is 14.7. The van der Waals surface area contributed by atoms with Gasteiger partial charge in [0.1, 0.15) is 0 Å². The highest BCUT2D eigenvalue weighted by atomic mass is 16.1. The molecule has 0 saturated carbocycles. The molecule has 0 unspecified atom stereocenters. The Morgan fingerprint density at radius 1 is 0.905 bits per heavy atom. The van der Waals surface area contributed by atoms with E-state index in [1.54, 1.807) is 12.1 Å². The number of nitrogens with zero attached hydrogens (tertiary/aromatic N) is 2. The molecule has 2 N–H and O–H groups in total. The number of benzene rings is 2. The van der Waals surface area contributed by atoms with Gasteiger partial charge in [0.05, 0.1) is 11.3 Å². The summed E-state index contributed by atoms with van der Waals surface area (Å²) in [6.45, 7) is 0. The molecular weight excluding hydrogens is 262 g/mol. The van der Waals surface area contributed by atoms with Crippen LogP contribution in [0.5, 0.6) is 0 Å². The summed E-state index contributed by atoms with van der Waals surface area (Å²) in [5.74, 6) is 0.0351. The number of anilines is 1. The third kappa shape index (κ3) is 2.65. The highest BCUT2D eigenvalue weighted by Crippen LogP contribution is 2.23. The van der Waals surface area contributed by atoms with Crippen LogP contribution in [0.4, 0.5) is 5.95 Å². The first kappa shape index (κ1) is 13.0. The number of carbonyl (C=O) groups is 1. The lowest BCUT2D eigenvalue weighted by atomic mass is 9.99. The van der Waals surface area contributed by atoms with Crippen molar-refractivity contribution in [2.24, 2.45) is 0 Å². The number of hydrogen-bond acceptors (Lipinski definition) is 4. The third-order valence-electron chi connectivity index (χ3n) is 3.14. The summed E-state index contributed by atoms with van der Waals surface area (Å²) < 4.78 is 0. The second-order valence-electron chi connectivity index (χ2n) is 4.55. The van der Waals surface area contributed by atoms with Crippen molar-refractivity contribution >= 4 is 11.7 Å². The van der Waals surface area contributed by atoms with Crippen LogP contribution in [-0.4, -0.2) is 15.8 Å². The lowest BCUT2D eigenvalue weighted by molar-refractivity contribution is 0.103. The van der Waals surface area contributed by atoms with Gasteiger partial charge in [-0.2, -0.15) is 0 Å². The first-order valence-electron chi connectivity index (χ1n) is 6.53. The van der Waals surface area contributed by atoms with E-state index in [0.29, 0.717) is 16.8 Å². The van der Waals surface area contributed by atoms with Crippen LogP contribution < -0.4 is 5.73 Å². The second-order valence-corrected chi connectivity index (χ2v) is 4.55. The standard InChI is InChI=1S/C17H13N3O/c18-17-19-11-14(16(21)13-9-5-2-6-10-13)15(20-17)12-7-3-1-4-8-12/h1-11H,(H2,18,19,20). The van der Waals surface area contributed by atoms with E-state index >= 15 is 0 Å². The minimum atomic E-state index is -0.116. The van der Waals surface area contributed by atoms with Gasteiger partial charge in [-0.25, -0.2) is 9.97 Å². The summed E-state index contributed by atoms with van der Waals surface area (Å²) in [6.07, 6.45) is 1.49. The number of nitrogen functional groups attached to an aromatic ring is 1. The summed E-state index contributed by atoms with van der Waals surface area (Å²) in [6, 6.07) is 18.5. The molecule has 2 aromatic carbocycles. The fraction of sp³-hybridized carbons (Fsp3) is 0. The van der Waals surface area contributed by atoms with Crippen molar-refractivity contribution in [3.05, 3.63) is 78.0 Å². The van der Waals surface area contributed by atoms with Gasteiger partial charge in [0.15, 0.2) is 5.78 Å². The van der Waals surface area contributed by atoms with E-state index in [-0.39, 0.29) is 11.7 Å². The molecule has 0 aliphatic carbocycles. The lowest BCUT2D eigenvalue weighted by Crippen LogP contribution is -2.08. The van der Waals surface area contributed by atoms with Crippen LogP contribution in [0.2, 0.25) is 0 Å². The SMILES string of the molecule is Nc1ncc(C(=O)c2ccccc2)c(-c2ccccc2)n1. The molecule has 4 nitrogen and oxygen atoms in total. The maximum Gasteiger partial charge on any atom is 0.220 e. The quantitative estimate of drug-likeness (QED) is 0.746. The molecule has 0 spiro atoms. The number of aromatic nitrogens is 2. The number of nitrogens with two attached hydrogens (primary N) is 1. The highest BCUT2D eigenvalue weighted by molar-refractivity contribution is 6.12. The van der Waals surface area contributed by atoms with Gasteiger partial charge in [0.2, 0.25) is 5.95 Å². The molecule has 0 aliphatic rings. The Morgan fingerprint density at radius 2 is 1.52 bits per heavy atom. The Labute approximate surface area is 122 Å². The predicted octanol–water partition coefficient (Wildman–Crippen LogP) is 2.96. The first-order chi connectivity index (χ1) is 10.3. The summed E-state index contributed by atoms with van der Waals surface area (Å²) in [5.41, 5.74) is 8.11. The van der Waals surface area contributed by atoms with Gasteiger partial charge in [0.25, 0.3) is 0 Å². The van der Waals surface area contributed by atoms with Crippen molar-refractivity contribution in [2.45, 2.75) is 0 Å². The summed E-state index contributed by atoms with van der Waals surface area (Å²) in [7, 11) is 0. The largest absolute Gasteiger partial charge is 0.368 e. The van der Waals surface area contributed by atoms with Gasteiger partial charge in [-0.1, -0.05) is 60.7 Å². The zero-order valence-electron chi connectivity index (χ0n) is 11.2. The maximum atomic E-state index is 12.6. The second kappa shape index (κ2) is 5.54. The molecule has 0 aliphatic heterocycles. The molecule has 0 radical (unpaired) electrons. The van der Waals surface area contributed by atoms with Crippen LogP contribution in [0.1, 0.15) is 15.9 Å². The third-order valence-corrected chi connectivity index (χ3v) is 3.14. The van der Waals surface area contributed by atoms with Crippen molar-refractivity contribution in [3.63, 3.8) is 0 Å². The minimum absolute atomic E-state index is 0.116. The normalized spacial score (nSPS) is 10.3. The van der Waals surface area contributed by atoms with E-state index in [1.165, 1.54) is 6.20 Å². The Hall–Kier alpha value is -3.01. The van der Waals surface area contributed by atoms with Gasteiger partial charge in [-0.15, -0.1) is 0 Å². The minimum Gasteiger partial charge on any atom is -0.368 e. The number of carbonyl (C=O) groups excluding carboxylic acids is 1. The molecular formula is C17H13N3O. The molecule has 102 valence electrons. The van der Waals surface area contributed by atoms with E-state index < -0.39 is 0 Å². The molecule has 1 aromatic heterocycles. The number of rotatable bonds is 3. The van der Waals surface area contributed by atoms with Crippen LogP contribution in [0.3, 0.4) is 0 Å². The van der Waals surface area contributed by atoms with Gasteiger partial charge in [-0.3, -0.25) is 4.79 Å². The van der Waals surface area contributed by atoms with Crippen LogP contribution in [0.25, 0.3) is 11.3 Å². The maximum absolute atomic E-state index is 12.6. The molecule has 3 aromatic rings. The van der Waals surface area contributed by atoms with Crippen molar-refractivity contribution in [3.8, 4) is 11.3 Å². The monoisotopic (exact) mass is 275 g/mol. The zero-order valence-corrected chi connectivity index (χ0v) is 11.2. The van der Waals surface area contributed by atoms with E-state index in [1.807, 2.05) is 48.5 Å². The molecule has 1 heterocycles. The number of hydrogen-bond donors (Lipinski definition) is 1. The Morgan fingerprint density at radius 3 is 2.19 bits per heavy atom. The van der Waals surface area contributed by atoms with E-state index in [2.05, 4.69) is 9.97 Å². The van der Waals surface area contributed by atoms with Crippen molar-refractivity contribution in [2.75, 3.05) is 5.73 Å². The average molecular weight is 275 g/mol. The molecule has 0 saturated heterocycles. The highest BCUT2D eigenvalue weighted by Gasteiger charge is 2.16. The van der Waals surface area contributed by atoms with Crippen LogP contribution in [0.15, 0.2) is 66.9 Å². The molecule has 0 amide bonds. The van der Waals surface area contributed by atoms with Gasteiger partial charge in [0, 0.05) is 17.3 Å². The Bertz CT molecular complexity index is 771. The first-order valence-corrected chi connectivity index (χ1v) is 6.53. The molecule has 3 rings (SSSR count). The fourth-order valence-corrected chi connectivity index (χ4v) is 2.12. The Balaban J connectivity index is 2.14. The van der Waals surface area contributed by atoms with Crippen molar-refractivity contribution in [1.29, 1.82) is 0 Å². The topological polar surface area (TPSA) is 68.9 Å². The molecule has 4 heteroatoms. The fourth-order valence-electron chi connectivity index (χ4n) is 2.12. The molecule has 0 atom stereocenters. The Kier molecular flexibility index (Phi) is 3.43. The van der Waals surface area contributed by atoms with E-state index in [4.69, 9.17) is 5.73 Å². The van der Waals surface area contributed by atoms with Crippen molar-refractivity contribution < 1.29 is 4.79 Å². The van der Waals surface area contributed by atoms with Gasteiger partial charge < -0.3 is 5.73 Å². The molecule has 0 bridgehead atoms. The van der Waals surface area contributed by atoms with Crippen LogP contribution in [0, 0.1) is 0 Å². The molecule has 0 fully saturated rings. The van der Waals surface area contributed by atoms with Gasteiger partial charge >= 0.3 is 0 Å². The van der Waals surface area contributed by atoms with Crippen LogP contribution in [-0.2, 0) is 0 Å². The van der Waals surface area contributed by atoms with E-state index in [9.17, 15) is 4.79 Å². The molecule has 21 heavy (non-hydrogen) atoms. The van der Waals surface area contributed by atoms with Crippen molar-refractivity contribution in [1.82, 2.24) is 9.97 Å². The average Bonchev–Trinajstić information content (AvgIpc) is 2.56.